The summed E-state index contributed by atoms with van der Waals surface area (Å²) >= 11 is 0. The summed E-state index contributed by atoms with van der Waals surface area (Å²) in [4.78, 5) is 38.5. The van der Waals surface area contributed by atoms with Crippen molar-refractivity contribution in [2.24, 2.45) is 5.92 Å². The molecule has 0 saturated heterocycles. The third kappa shape index (κ3) is 2.55. The van der Waals surface area contributed by atoms with E-state index in [0.29, 0.717) is 28.2 Å². The van der Waals surface area contributed by atoms with E-state index in [2.05, 4.69) is 0 Å². The molecule has 2 aliphatic heterocycles. The summed E-state index contributed by atoms with van der Waals surface area (Å²) in [7, 11) is 0. The number of carboxylic acids is 1. The van der Waals surface area contributed by atoms with Crippen LogP contribution in [0.1, 0.15) is 37.4 Å². The number of carbonyl (C=O) groups excluding carboxylic acids is 2. The largest absolute Gasteiger partial charge is 0.507 e. The number of rotatable bonds is 2. The van der Waals surface area contributed by atoms with Gasteiger partial charge in [-0.25, -0.2) is 9.59 Å². The highest BCUT2D eigenvalue weighted by atomic mass is 16.6. The number of fused-ring (bicyclic) bond motifs is 6. The molecule has 3 aromatic carbocycles. The van der Waals surface area contributed by atoms with Gasteiger partial charge in [-0.1, -0.05) is 36.4 Å². The van der Waals surface area contributed by atoms with Crippen LogP contribution in [0.25, 0.3) is 5.57 Å². The average Bonchev–Trinajstić information content (AvgIpc) is 3.12. The minimum absolute atomic E-state index is 0.0751. The smallest absolute Gasteiger partial charge is 0.339 e. The number of para-hydroxylation sites is 1. The van der Waals surface area contributed by atoms with Crippen molar-refractivity contribution < 1.29 is 34.1 Å². The lowest BCUT2D eigenvalue weighted by atomic mass is 9.68. The Kier molecular flexibility index (Phi) is 4.07. The first-order valence-corrected chi connectivity index (χ1v) is 10.5. The molecule has 1 aliphatic carbocycles. The van der Waals surface area contributed by atoms with Crippen molar-refractivity contribution in [3.63, 3.8) is 0 Å². The van der Waals surface area contributed by atoms with Crippen molar-refractivity contribution in [3.05, 3.63) is 112 Å². The number of aromatic carboxylic acids is 1. The molecule has 0 saturated carbocycles. The van der Waals surface area contributed by atoms with E-state index in [9.17, 15) is 24.6 Å². The molecule has 2 heterocycles. The summed E-state index contributed by atoms with van der Waals surface area (Å²) in [6.45, 7) is 0. The Morgan fingerprint density at radius 2 is 1.62 bits per heavy atom. The molecule has 1 spiro atoms. The van der Waals surface area contributed by atoms with Gasteiger partial charge in [0.15, 0.2) is 11.4 Å². The van der Waals surface area contributed by atoms with Crippen molar-refractivity contribution in [2.45, 2.75) is 5.60 Å². The standard InChI is InChI=1S/C27H16O7/c28-20-11-9-14(25(30)31)13-17(20)15-10-12-22-23(24(15)29)27(19-7-3-4-8-21(19)33-22)18-6-2-1-5-16(18)26(32)34-27/h1-13,23,28H,(H,30,31). The predicted octanol–water partition coefficient (Wildman–Crippen LogP) is 4.06. The van der Waals surface area contributed by atoms with Gasteiger partial charge in [0.05, 0.1) is 11.1 Å². The molecule has 166 valence electrons. The van der Waals surface area contributed by atoms with Crippen molar-refractivity contribution in [1.29, 1.82) is 0 Å². The number of allylic oxidation sites excluding steroid dienone is 3. The predicted molar refractivity (Wildman–Crippen MR) is 119 cm³/mol. The van der Waals surface area contributed by atoms with Gasteiger partial charge in [-0.15, -0.1) is 0 Å². The van der Waals surface area contributed by atoms with Crippen molar-refractivity contribution in [1.82, 2.24) is 0 Å². The zero-order valence-electron chi connectivity index (χ0n) is 17.5. The Morgan fingerprint density at radius 3 is 2.41 bits per heavy atom. The number of esters is 1. The lowest BCUT2D eigenvalue weighted by Crippen LogP contribution is -2.47. The molecule has 0 fully saturated rings. The van der Waals surface area contributed by atoms with E-state index >= 15 is 0 Å². The molecular formula is C27H16O7. The number of carboxylic acid groups (broad SMARTS) is 1. The molecule has 6 rings (SSSR count). The van der Waals surface area contributed by atoms with Crippen LogP contribution >= 0.6 is 0 Å². The topological polar surface area (TPSA) is 110 Å². The number of benzene rings is 3. The Bertz CT molecular complexity index is 1500. The second kappa shape index (κ2) is 6.92. The fourth-order valence-corrected chi connectivity index (χ4v) is 5.01. The first-order valence-electron chi connectivity index (χ1n) is 10.5. The van der Waals surface area contributed by atoms with E-state index < -0.39 is 29.2 Å². The second-order valence-electron chi connectivity index (χ2n) is 8.25. The maximum Gasteiger partial charge on any atom is 0.339 e. The highest BCUT2D eigenvalue weighted by Gasteiger charge is 2.61. The van der Waals surface area contributed by atoms with Gasteiger partial charge in [0.2, 0.25) is 0 Å². The van der Waals surface area contributed by atoms with E-state index in [4.69, 9.17) is 9.47 Å². The number of phenolic OH excluding ortho intramolecular Hbond substituents is 1. The Balaban J connectivity index is 1.60. The first-order chi connectivity index (χ1) is 16.4. The van der Waals surface area contributed by atoms with E-state index in [1.165, 1.54) is 24.3 Å². The van der Waals surface area contributed by atoms with Crippen LogP contribution in [0.3, 0.4) is 0 Å². The monoisotopic (exact) mass is 452 g/mol. The van der Waals surface area contributed by atoms with Crippen LogP contribution in [-0.4, -0.2) is 27.9 Å². The van der Waals surface area contributed by atoms with Gasteiger partial charge < -0.3 is 19.7 Å². The quantitative estimate of drug-likeness (QED) is 0.564. The van der Waals surface area contributed by atoms with Gasteiger partial charge in [0.25, 0.3) is 0 Å². The number of ketones is 1. The SMILES string of the molecule is O=C(O)c1ccc(O)c(C2=CC=C3Oc4ccccc4C4(OC(=O)c5ccccc54)C3C2=O)c1. The van der Waals surface area contributed by atoms with E-state index in [1.54, 1.807) is 54.6 Å². The summed E-state index contributed by atoms with van der Waals surface area (Å²) < 4.78 is 12.1. The van der Waals surface area contributed by atoms with Crippen molar-refractivity contribution in [2.75, 3.05) is 0 Å². The van der Waals surface area contributed by atoms with E-state index in [-0.39, 0.29) is 22.4 Å². The van der Waals surface area contributed by atoms with Crippen LogP contribution in [0.4, 0.5) is 0 Å². The fraction of sp³-hybridized carbons (Fsp3) is 0.0741. The minimum atomic E-state index is -1.47. The molecule has 7 heteroatoms. The Labute approximate surface area is 193 Å². The van der Waals surface area contributed by atoms with Crippen LogP contribution < -0.4 is 4.74 Å². The highest BCUT2D eigenvalue weighted by molar-refractivity contribution is 6.25. The molecule has 2 atom stereocenters. The molecule has 7 nitrogen and oxygen atoms in total. The molecule has 0 amide bonds. The van der Waals surface area contributed by atoms with E-state index in [0.717, 1.165) is 0 Å². The summed E-state index contributed by atoms with van der Waals surface area (Å²) in [6.07, 6.45) is 3.08. The number of aromatic hydroxyl groups is 1. The number of Topliss-reactive ketones (excluding diaryl/α,β-unsaturated/α-hetero) is 1. The maximum atomic E-state index is 14.0. The number of phenols is 1. The van der Waals surface area contributed by atoms with Crippen LogP contribution in [0.5, 0.6) is 11.5 Å². The minimum Gasteiger partial charge on any atom is -0.507 e. The maximum absolute atomic E-state index is 14.0. The number of ether oxygens (including phenoxy) is 2. The van der Waals surface area contributed by atoms with Crippen LogP contribution in [0.2, 0.25) is 0 Å². The summed E-state index contributed by atoms with van der Waals surface area (Å²) in [6, 6.07) is 17.7. The molecule has 3 aromatic rings. The molecular weight excluding hydrogens is 436 g/mol. The lowest BCUT2D eigenvalue weighted by molar-refractivity contribution is -0.124. The van der Waals surface area contributed by atoms with Gasteiger partial charge in [-0.05, 0) is 42.5 Å². The van der Waals surface area contributed by atoms with Crippen molar-refractivity contribution >= 4 is 23.3 Å². The average molecular weight is 452 g/mol. The van der Waals surface area contributed by atoms with Gasteiger partial charge in [-0.3, -0.25) is 4.79 Å². The zero-order chi connectivity index (χ0) is 23.6. The molecule has 2 N–H and O–H groups in total. The van der Waals surface area contributed by atoms with Gasteiger partial charge in [-0.2, -0.15) is 0 Å². The summed E-state index contributed by atoms with van der Waals surface area (Å²) in [5.41, 5.74) is 0.0691. The second-order valence-corrected chi connectivity index (χ2v) is 8.25. The Hall–Kier alpha value is -4.65. The van der Waals surface area contributed by atoms with Crippen LogP contribution in [0.15, 0.2) is 84.6 Å². The lowest BCUT2D eigenvalue weighted by Gasteiger charge is -2.43. The molecule has 3 aliphatic rings. The Morgan fingerprint density at radius 1 is 0.882 bits per heavy atom. The third-order valence-electron chi connectivity index (χ3n) is 6.48. The van der Waals surface area contributed by atoms with Crippen LogP contribution in [0, 0.1) is 5.92 Å². The molecule has 34 heavy (non-hydrogen) atoms. The van der Waals surface area contributed by atoms with E-state index in [1.807, 2.05) is 0 Å². The molecule has 0 aromatic heterocycles. The van der Waals surface area contributed by atoms with Crippen LogP contribution in [-0.2, 0) is 15.1 Å². The number of hydrogen-bond donors (Lipinski definition) is 2. The van der Waals surface area contributed by atoms with Gasteiger partial charge in [0.1, 0.15) is 23.2 Å². The van der Waals surface area contributed by atoms with Gasteiger partial charge in [0, 0.05) is 22.3 Å². The number of carbonyl (C=O) groups is 3. The number of hydrogen-bond acceptors (Lipinski definition) is 6. The van der Waals surface area contributed by atoms with Gasteiger partial charge >= 0.3 is 11.9 Å². The zero-order valence-corrected chi connectivity index (χ0v) is 17.5. The normalized spacial score (nSPS) is 22.1. The third-order valence-corrected chi connectivity index (χ3v) is 6.48. The highest BCUT2D eigenvalue weighted by Crippen LogP contribution is 2.57. The first kappa shape index (κ1) is 20.0. The summed E-state index contributed by atoms with van der Waals surface area (Å²) in [5.74, 6) is -2.74. The molecule has 0 bridgehead atoms. The van der Waals surface area contributed by atoms with Crippen molar-refractivity contribution in [3.8, 4) is 11.5 Å². The molecule has 2 unspecified atom stereocenters. The fourth-order valence-electron chi connectivity index (χ4n) is 5.01. The summed E-state index contributed by atoms with van der Waals surface area (Å²) in [5, 5.41) is 19.9. The molecule has 0 radical (unpaired) electrons.